The molecule has 0 saturated carbocycles. The first kappa shape index (κ1) is 24.7. The summed E-state index contributed by atoms with van der Waals surface area (Å²) in [5.74, 6) is -1.15. The van der Waals surface area contributed by atoms with Crippen molar-refractivity contribution in [2.75, 3.05) is 11.9 Å². The Morgan fingerprint density at radius 2 is 1.70 bits per heavy atom. The molecule has 0 radical (unpaired) electrons. The molecule has 1 unspecified atom stereocenters. The van der Waals surface area contributed by atoms with Gasteiger partial charge in [-0.1, -0.05) is 41.4 Å². The number of carbonyl (C=O) groups excluding carboxylic acids is 2. The standard InChI is InChI=1S/C25H23Cl2FN2O3/c1-2-33-25(32)16-5-10-19(11-6-16)30-24(31)22(29)14-17-7-12-21(26)23(27)20(17)13-15-3-8-18(28)9-4-15/h3-12,22H,2,13-14,29H2,1H3,(H,30,31). The third-order valence-electron chi connectivity index (χ3n) is 5.03. The van der Waals surface area contributed by atoms with Crippen LogP contribution in [0.3, 0.4) is 0 Å². The minimum absolute atomic E-state index is 0.222. The highest BCUT2D eigenvalue weighted by molar-refractivity contribution is 6.42. The normalized spacial score (nSPS) is 11.7. The van der Waals surface area contributed by atoms with Gasteiger partial charge in [0, 0.05) is 5.69 Å². The number of ether oxygens (including phenoxy) is 1. The van der Waals surface area contributed by atoms with Gasteiger partial charge in [-0.25, -0.2) is 9.18 Å². The Morgan fingerprint density at radius 3 is 2.33 bits per heavy atom. The van der Waals surface area contributed by atoms with Crippen LogP contribution in [0.1, 0.15) is 34.0 Å². The van der Waals surface area contributed by atoms with E-state index in [0.717, 1.165) is 16.7 Å². The molecule has 0 aliphatic carbocycles. The molecule has 3 N–H and O–H groups in total. The minimum Gasteiger partial charge on any atom is -0.462 e. The highest BCUT2D eigenvalue weighted by Gasteiger charge is 2.19. The molecule has 0 heterocycles. The summed E-state index contributed by atoms with van der Waals surface area (Å²) in [6.07, 6.45) is 0.638. The van der Waals surface area contributed by atoms with E-state index in [4.69, 9.17) is 33.7 Å². The first-order valence-electron chi connectivity index (χ1n) is 10.3. The van der Waals surface area contributed by atoms with Gasteiger partial charge in [0.15, 0.2) is 0 Å². The number of nitrogens with two attached hydrogens (primary N) is 1. The average molecular weight is 489 g/mol. The Bertz CT molecular complexity index is 1140. The van der Waals surface area contributed by atoms with Crippen LogP contribution in [0.2, 0.25) is 10.0 Å². The first-order chi connectivity index (χ1) is 15.8. The van der Waals surface area contributed by atoms with Crippen LogP contribution in [0.5, 0.6) is 0 Å². The second-order valence-corrected chi connectivity index (χ2v) is 8.19. The van der Waals surface area contributed by atoms with Crippen LogP contribution in [-0.2, 0) is 22.4 Å². The zero-order valence-corrected chi connectivity index (χ0v) is 19.4. The van der Waals surface area contributed by atoms with Gasteiger partial charge >= 0.3 is 5.97 Å². The lowest BCUT2D eigenvalue weighted by molar-refractivity contribution is -0.117. The summed E-state index contributed by atoms with van der Waals surface area (Å²) >= 11 is 12.7. The summed E-state index contributed by atoms with van der Waals surface area (Å²) in [6, 6.07) is 15.0. The molecule has 1 atom stereocenters. The van der Waals surface area contributed by atoms with Gasteiger partial charge in [-0.15, -0.1) is 0 Å². The summed E-state index contributed by atoms with van der Waals surface area (Å²) in [7, 11) is 0. The molecule has 1 amide bonds. The van der Waals surface area contributed by atoms with Crippen LogP contribution in [-0.4, -0.2) is 24.5 Å². The van der Waals surface area contributed by atoms with Crippen LogP contribution < -0.4 is 11.1 Å². The van der Waals surface area contributed by atoms with Gasteiger partial charge in [0.25, 0.3) is 0 Å². The first-order valence-corrected chi connectivity index (χ1v) is 11.1. The molecule has 3 rings (SSSR count). The molecular weight excluding hydrogens is 466 g/mol. The molecule has 172 valence electrons. The topological polar surface area (TPSA) is 81.4 Å². The molecule has 0 bridgehead atoms. The fraction of sp³-hybridized carbons (Fsp3) is 0.200. The maximum absolute atomic E-state index is 13.3. The van der Waals surface area contributed by atoms with E-state index in [1.807, 2.05) is 0 Å². The summed E-state index contributed by atoms with van der Waals surface area (Å²) < 4.78 is 18.2. The van der Waals surface area contributed by atoms with E-state index in [1.165, 1.54) is 12.1 Å². The molecule has 0 aromatic heterocycles. The lowest BCUT2D eigenvalue weighted by Gasteiger charge is -2.17. The third kappa shape index (κ3) is 6.54. The van der Waals surface area contributed by atoms with Crippen molar-refractivity contribution in [3.05, 3.63) is 98.8 Å². The monoisotopic (exact) mass is 488 g/mol. The molecule has 33 heavy (non-hydrogen) atoms. The van der Waals surface area contributed by atoms with Crippen molar-refractivity contribution in [3.63, 3.8) is 0 Å². The quantitative estimate of drug-likeness (QED) is 0.415. The zero-order valence-electron chi connectivity index (χ0n) is 17.9. The Kier molecular flexibility index (Phi) is 8.44. The molecule has 0 aliphatic heterocycles. The van der Waals surface area contributed by atoms with E-state index in [9.17, 15) is 14.0 Å². The predicted molar refractivity (Wildman–Crippen MR) is 128 cm³/mol. The van der Waals surface area contributed by atoms with Crippen molar-refractivity contribution < 1.29 is 18.7 Å². The number of esters is 1. The zero-order chi connectivity index (χ0) is 24.0. The fourth-order valence-corrected chi connectivity index (χ4v) is 3.72. The van der Waals surface area contributed by atoms with Crippen molar-refractivity contribution in [3.8, 4) is 0 Å². The number of anilines is 1. The van der Waals surface area contributed by atoms with Crippen LogP contribution >= 0.6 is 23.2 Å². The molecule has 0 spiro atoms. The highest BCUT2D eigenvalue weighted by Crippen LogP contribution is 2.31. The summed E-state index contributed by atoms with van der Waals surface area (Å²) in [4.78, 5) is 24.4. The number of halogens is 3. The Morgan fingerprint density at radius 1 is 1.03 bits per heavy atom. The Labute approximate surface area is 201 Å². The van der Waals surface area contributed by atoms with Gasteiger partial charge < -0.3 is 15.8 Å². The second kappa shape index (κ2) is 11.3. The second-order valence-electron chi connectivity index (χ2n) is 7.40. The molecule has 3 aromatic carbocycles. The van der Waals surface area contributed by atoms with Crippen molar-refractivity contribution in [1.82, 2.24) is 0 Å². The van der Waals surface area contributed by atoms with Gasteiger partial charge in [0.1, 0.15) is 5.82 Å². The van der Waals surface area contributed by atoms with Crippen LogP contribution in [0.4, 0.5) is 10.1 Å². The van der Waals surface area contributed by atoms with E-state index in [1.54, 1.807) is 55.5 Å². The smallest absolute Gasteiger partial charge is 0.338 e. The largest absolute Gasteiger partial charge is 0.462 e. The maximum atomic E-state index is 13.3. The van der Waals surface area contributed by atoms with E-state index in [2.05, 4.69) is 5.32 Å². The molecule has 5 nitrogen and oxygen atoms in total. The predicted octanol–water partition coefficient (Wildman–Crippen LogP) is 5.41. The van der Waals surface area contributed by atoms with Crippen molar-refractivity contribution in [2.24, 2.45) is 5.73 Å². The van der Waals surface area contributed by atoms with Crippen LogP contribution in [0.15, 0.2) is 60.7 Å². The number of hydrogen-bond donors (Lipinski definition) is 2. The van der Waals surface area contributed by atoms with Gasteiger partial charge in [-0.3, -0.25) is 4.79 Å². The molecule has 8 heteroatoms. The SMILES string of the molecule is CCOC(=O)c1ccc(NC(=O)C(N)Cc2ccc(Cl)c(Cl)c2Cc2ccc(F)cc2)cc1. The van der Waals surface area contributed by atoms with Crippen LogP contribution in [0, 0.1) is 5.82 Å². The highest BCUT2D eigenvalue weighted by atomic mass is 35.5. The maximum Gasteiger partial charge on any atom is 0.338 e. The minimum atomic E-state index is -0.862. The van der Waals surface area contributed by atoms with Gasteiger partial charge in [0.05, 0.1) is 28.3 Å². The third-order valence-corrected chi connectivity index (χ3v) is 5.87. The lowest BCUT2D eigenvalue weighted by atomic mass is 9.95. The molecular formula is C25H23Cl2FN2O3. The van der Waals surface area contributed by atoms with Crippen molar-refractivity contribution >= 4 is 40.8 Å². The summed E-state index contributed by atoms with van der Waals surface area (Å²) in [6.45, 7) is 2.01. The number of benzene rings is 3. The van der Waals surface area contributed by atoms with Gasteiger partial charge in [-0.05, 0) is 78.9 Å². The number of carbonyl (C=O) groups is 2. The van der Waals surface area contributed by atoms with E-state index < -0.39 is 17.9 Å². The van der Waals surface area contributed by atoms with E-state index in [0.29, 0.717) is 27.7 Å². The van der Waals surface area contributed by atoms with Gasteiger partial charge in [-0.2, -0.15) is 0 Å². The molecule has 0 fully saturated rings. The van der Waals surface area contributed by atoms with Crippen LogP contribution in [0.25, 0.3) is 0 Å². The number of rotatable bonds is 8. The lowest BCUT2D eigenvalue weighted by Crippen LogP contribution is -2.37. The van der Waals surface area contributed by atoms with E-state index in [-0.39, 0.29) is 18.8 Å². The molecule has 3 aromatic rings. The number of amides is 1. The Hall–Kier alpha value is -2.93. The fourth-order valence-electron chi connectivity index (χ4n) is 3.29. The van der Waals surface area contributed by atoms with Gasteiger partial charge in [0.2, 0.25) is 5.91 Å². The molecule has 0 saturated heterocycles. The summed E-state index contributed by atoms with van der Waals surface area (Å²) in [5.41, 5.74) is 9.42. The van der Waals surface area contributed by atoms with Crippen molar-refractivity contribution in [2.45, 2.75) is 25.8 Å². The van der Waals surface area contributed by atoms with E-state index >= 15 is 0 Å². The average Bonchev–Trinajstić information content (AvgIpc) is 2.80. The summed E-state index contributed by atoms with van der Waals surface area (Å²) in [5, 5.41) is 3.51. The Balaban J connectivity index is 1.72. The molecule has 0 aliphatic rings. The number of hydrogen-bond acceptors (Lipinski definition) is 4. The number of nitrogens with one attached hydrogen (secondary N) is 1. The van der Waals surface area contributed by atoms with Crippen molar-refractivity contribution in [1.29, 1.82) is 0 Å².